The topological polar surface area (TPSA) is 38.8 Å². The first kappa shape index (κ1) is 22.9. The fraction of sp³-hybridized carbons (Fsp3) is 0.345. The molecule has 0 saturated heterocycles. The number of methoxy groups -OCH3 is 1. The Morgan fingerprint density at radius 1 is 0.879 bits per heavy atom. The first-order chi connectivity index (χ1) is 15.7. The van der Waals surface area contributed by atoms with E-state index in [1.165, 1.54) is 38.9 Å². The molecule has 1 aliphatic heterocycles. The van der Waals surface area contributed by atoms with Crippen LogP contribution in [0.2, 0.25) is 0 Å². The molecule has 3 aromatic rings. The van der Waals surface area contributed by atoms with Crippen LogP contribution >= 0.6 is 0 Å². The van der Waals surface area contributed by atoms with Crippen molar-refractivity contribution in [2.75, 3.05) is 13.7 Å². The zero-order valence-electron chi connectivity index (χ0n) is 20.5. The maximum atomic E-state index is 12.5. The van der Waals surface area contributed by atoms with Crippen LogP contribution < -0.4 is 4.74 Å². The molecule has 33 heavy (non-hydrogen) atoms. The summed E-state index contributed by atoms with van der Waals surface area (Å²) in [7, 11) is 1.71. The molecule has 0 atom stereocenters. The molecule has 0 saturated carbocycles. The van der Waals surface area contributed by atoms with Crippen LogP contribution in [0.5, 0.6) is 5.75 Å². The Labute approximate surface area is 197 Å². The van der Waals surface area contributed by atoms with Crippen LogP contribution in [0.3, 0.4) is 0 Å². The Morgan fingerprint density at radius 3 is 2.24 bits per heavy atom. The minimum atomic E-state index is -0.481. The number of rotatable bonds is 3. The van der Waals surface area contributed by atoms with Crippen LogP contribution in [0, 0.1) is 13.8 Å². The van der Waals surface area contributed by atoms with Crippen LogP contribution in [0.4, 0.5) is 4.79 Å². The maximum Gasteiger partial charge on any atom is 0.410 e. The summed E-state index contributed by atoms with van der Waals surface area (Å²) in [5, 5.41) is 0. The first-order valence-electron chi connectivity index (χ1n) is 11.5. The number of amides is 1. The average Bonchev–Trinajstić information content (AvgIpc) is 2.78. The summed E-state index contributed by atoms with van der Waals surface area (Å²) in [6.07, 6.45) is 0.588. The molecule has 0 radical (unpaired) electrons. The predicted octanol–water partition coefficient (Wildman–Crippen LogP) is 6.94. The molecule has 0 bridgehead atoms. The van der Waals surface area contributed by atoms with Gasteiger partial charge in [-0.2, -0.15) is 0 Å². The molecular weight excluding hydrogens is 410 g/mol. The minimum Gasteiger partial charge on any atom is -0.496 e. The molecule has 1 aliphatic rings. The van der Waals surface area contributed by atoms with Crippen molar-refractivity contribution in [1.82, 2.24) is 4.90 Å². The van der Waals surface area contributed by atoms with E-state index in [1.807, 2.05) is 32.9 Å². The Balaban J connectivity index is 1.64. The molecule has 0 aliphatic carbocycles. The summed E-state index contributed by atoms with van der Waals surface area (Å²) < 4.78 is 11.1. The van der Waals surface area contributed by atoms with Gasteiger partial charge in [0.25, 0.3) is 0 Å². The minimum absolute atomic E-state index is 0.241. The van der Waals surface area contributed by atoms with Crippen LogP contribution in [0.15, 0.2) is 54.6 Å². The van der Waals surface area contributed by atoms with E-state index in [-0.39, 0.29) is 6.09 Å². The molecule has 0 N–H and O–H groups in total. The summed E-state index contributed by atoms with van der Waals surface area (Å²) in [5.74, 6) is 0.903. The molecule has 4 heteroatoms. The standard InChI is InChI=1S/C29H33NO3/c1-19-24(9-7-10-25(19)26-11-8-12-27(32-6)20(26)2)22-13-14-23-18-30(16-15-21(23)17-22)28(31)33-29(3,4)5/h7-14,17H,15-16,18H2,1-6H3. The highest BCUT2D eigenvalue weighted by Gasteiger charge is 2.26. The Hall–Kier alpha value is -3.27. The van der Waals surface area contributed by atoms with Gasteiger partial charge in [0.2, 0.25) is 0 Å². The van der Waals surface area contributed by atoms with E-state index >= 15 is 0 Å². The third kappa shape index (κ3) is 4.75. The number of carbonyl (C=O) groups is 1. The third-order valence-corrected chi connectivity index (χ3v) is 6.31. The van der Waals surface area contributed by atoms with E-state index in [2.05, 4.69) is 56.3 Å². The van der Waals surface area contributed by atoms with Gasteiger partial charge in [-0.1, -0.05) is 48.5 Å². The average molecular weight is 444 g/mol. The Bertz CT molecular complexity index is 1190. The highest BCUT2D eigenvalue weighted by Crippen LogP contribution is 2.37. The van der Waals surface area contributed by atoms with Crippen LogP contribution in [-0.2, 0) is 17.7 Å². The normalized spacial score (nSPS) is 13.5. The molecule has 0 spiro atoms. The predicted molar refractivity (Wildman–Crippen MR) is 134 cm³/mol. The van der Waals surface area contributed by atoms with Gasteiger partial charge in [-0.15, -0.1) is 0 Å². The third-order valence-electron chi connectivity index (χ3n) is 6.31. The van der Waals surface area contributed by atoms with E-state index in [0.717, 1.165) is 17.7 Å². The van der Waals surface area contributed by atoms with Gasteiger partial charge in [0.15, 0.2) is 0 Å². The fourth-order valence-electron chi connectivity index (χ4n) is 4.57. The zero-order valence-corrected chi connectivity index (χ0v) is 20.5. The van der Waals surface area contributed by atoms with Gasteiger partial charge >= 0.3 is 6.09 Å². The number of benzene rings is 3. The van der Waals surface area contributed by atoms with Gasteiger partial charge in [-0.05, 0) is 91.6 Å². The van der Waals surface area contributed by atoms with E-state index in [9.17, 15) is 4.79 Å². The van der Waals surface area contributed by atoms with Crippen LogP contribution in [0.1, 0.15) is 43.0 Å². The molecule has 0 aromatic heterocycles. The van der Waals surface area contributed by atoms with Crippen molar-refractivity contribution in [2.45, 2.75) is 53.2 Å². The lowest BCUT2D eigenvalue weighted by molar-refractivity contribution is 0.0224. The lowest BCUT2D eigenvalue weighted by Crippen LogP contribution is -2.39. The monoisotopic (exact) mass is 443 g/mol. The van der Waals surface area contributed by atoms with Crippen molar-refractivity contribution in [3.05, 3.63) is 76.9 Å². The Morgan fingerprint density at radius 2 is 1.55 bits per heavy atom. The molecule has 4 rings (SSSR count). The number of fused-ring (bicyclic) bond motifs is 1. The number of carbonyl (C=O) groups excluding carboxylic acids is 1. The molecular formula is C29H33NO3. The second kappa shape index (κ2) is 8.93. The van der Waals surface area contributed by atoms with Gasteiger partial charge < -0.3 is 14.4 Å². The molecule has 1 heterocycles. The van der Waals surface area contributed by atoms with Crippen molar-refractivity contribution >= 4 is 6.09 Å². The van der Waals surface area contributed by atoms with Crippen molar-refractivity contribution in [3.8, 4) is 28.0 Å². The van der Waals surface area contributed by atoms with Gasteiger partial charge in [0.05, 0.1) is 7.11 Å². The van der Waals surface area contributed by atoms with E-state index in [1.54, 1.807) is 12.0 Å². The molecule has 172 valence electrons. The van der Waals surface area contributed by atoms with E-state index in [0.29, 0.717) is 13.1 Å². The summed E-state index contributed by atoms with van der Waals surface area (Å²) in [6, 6.07) is 19.3. The Kier molecular flexibility index (Phi) is 6.20. The first-order valence-corrected chi connectivity index (χ1v) is 11.5. The molecule has 0 fully saturated rings. The number of hydrogen-bond acceptors (Lipinski definition) is 3. The largest absolute Gasteiger partial charge is 0.496 e. The van der Waals surface area contributed by atoms with Crippen molar-refractivity contribution in [3.63, 3.8) is 0 Å². The lowest BCUT2D eigenvalue weighted by Gasteiger charge is -2.31. The van der Waals surface area contributed by atoms with Gasteiger partial charge in [-0.25, -0.2) is 4.79 Å². The van der Waals surface area contributed by atoms with Crippen molar-refractivity contribution in [2.24, 2.45) is 0 Å². The van der Waals surface area contributed by atoms with Gasteiger partial charge in [0.1, 0.15) is 11.4 Å². The zero-order chi connectivity index (χ0) is 23.8. The van der Waals surface area contributed by atoms with Crippen LogP contribution in [-0.4, -0.2) is 30.2 Å². The van der Waals surface area contributed by atoms with Gasteiger partial charge in [0, 0.05) is 13.1 Å². The number of nitrogens with zero attached hydrogens (tertiary/aromatic N) is 1. The molecule has 1 amide bonds. The smallest absolute Gasteiger partial charge is 0.410 e. The van der Waals surface area contributed by atoms with E-state index < -0.39 is 5.60 Å². The van der Waals surface area contributed by atoms with Crippen LogP contribution in [0.25, 0.3) is 22.3 Å². The highest BCUT2D eigenvalue weighted by atomic mass is 16.6. The SMILES string of the molecule is COc1cccc(-c2cccc(-c3ccc4c(c3)CCN(C(=O)OC(C)(C)C)C4)c2C)c1C. The second-order valence-corrected chi connectivity index (χ2v) is 9.75. The van der Waals surface area contributed by atoms with Gasteiger partial charge in [-0.3, -0.25) is 0 Å². The quantitative estimate of drug-likeness (QED) is 0.440. The van der Waals surface area contributed by atoms with Crippen molar-refractivity contribution in [1.29, 1.82) is 0 Å². The second-order valence-electron chi connectivity index (χ2n) is 9.75. The van der Waals surface area contributed by atoms with Crippen molar-refractivity contribution < 1.29 is 14.3 Å². The summed E-state index contributed by atoms with van der Waals surface area (Å²) in [4.78, 5) is 14.3. The summed E-state index contributed by atoms with van der Waals surface area (Å²) >= 11 is 0. The fourth-order valence-corrected chi connectivity index (χ4v) is 4.57. The molecule has 0 unspecified atom stereocenters. The number of hydrogen-bond donors (Lipinski definition) is 0. The highest BCUT2D eigenvalue weighted by molar-refractivity contribution is 5.81. The molecule has 4 nitrogen and oxygen atoms in total. The molecule has 3 aromatic carbocycles. The lowest BCUT2D eigenvalue weighted by atomic mass is 9.88. The van der Waals surface area contributed by atoms with E-state index in [4.69, 9.17) is 9.47 Å². The maximum absolute atomic E-state index is 12.5. The summed E-state index contributed by atoms with van der Waals surface area (Å²) in [5.41, 5.74) is 9.25. The number of ether oxygens (including phenoxy) is 2. The summed E-state index contributed by atoms with van der Waals surface area (Å²) in [6.45, 7) is 11.3.